The average Bonchev–Trinajstić information content (AvgIpc) is 2.90. The lowest BCUT2D eigenvalue weighted by atomic mass is 10.1. The van der Waals surface area contributed by atoms with E-state index >= 15 is 0 Å². The lowest BCUT2D eigenvalue weighted by molar-refractivity contribution is -0.384. The molecule has 6 heteroatoms. The fraction of sp³-hybridized carbons (Fsp3) is 0.143. The normalized spacial score (nSPS) is 13.1. The maximum absolute atomic E-state index is 12.4. The Bertz CT molecular complexity index is 685. The number of rotatable bonds is 2. The number of fused-ring (bicyclic) bond motifs is 1. The lowest BCUT2D eigenvalue weighted by Crippen LogP contribution is -2.29. The first kappa shape index (κ1) is 12.3. The highest BCUT2D eigenvalue weighted by Gasteiger charge is 2.27. The Morgan fingerprint density at radius 1 is 1.30 bits per heavy atom. The minimum absolute atomic E-state index is 0.00975. The summed E-state index contributed by atoms with van der Waals surface area (Å²) in [7, 11) is 0. The molecule has 20 heavy (non-hydrogen) atoms. The molecule has 0 aliphatic carbocycles. The van der Waals surface area contributed by atoms with E-state index in [2.05, 4.69) is 4.98 Å². The molecule has 0 bridgehead atoms. The van der Waals surface area contributed by atoms with Crippen molar-refractivity contribution in [1.82, 2.24) is 4.98 Å². The van der Waals surface area contributed by atoms with Crippen LogP contribution in [0.5, 0.6) is 0 Å². The van der Waals surface area contributed by atoms with Crippen LogP contribution < -0.4 is 4.90 Å². The second-order valence-electron chi connectivity index (χ2n) is 4.49. The molecule has 0 N–H and O–H groups in total. The number of aromatic nitrogens is 1. The number of nitrogens with zero attached hydrogens (tertiary/aromatic N) is 3. The zero-order valence-corrected chi connectivity index (χ0v) is 10.5. The summed E-state index contributed by atoms with van der Waals surface area (Å²) in [6.45, 7) is 0.520. The minimum Gasteiger partial charge on any atom is -0.306 e. The van der Waals surface area contributed by atoms with Crippen LogP contribution in [0.4, 0.5) is 11.4 Å². The van der Waals surface area contributed by atoms with Gasteiger partial charge >= 0.3 is 0 Å². The maximum atomic E-state index is 12.4. The van der Waals surface area contributed by atoms with Crippen LogP contribution in [0, 0.1) is 10.1 Å². The Morgan fingerprint density at radius 3 is 2.85 bits per heavy atom. The van der Waals surface area contributed by atoms with Crippen LogP contribution in [0.2, 0.25) is 0 Å². The van der Waals surface area contributed by atoms with Crippen LogP contribution in [0.1, 0.15) is 16.1 Å². The van der Waals surface area contributed by atoms with E-state index in [0.29, 0.717) is 24.3 Å². The standard InChI is InChI=1S/C14H11N3O3/c18-14(12-3-1-2-7-15-12)16-8-6-10-4-5-11(17(19)20)9-13(10)16/h1-5,7,9H,6,8H2. The van der Waals surface area contributed by atoms with Gasteiger partial charge < -0.3 is 4.90 Å². The van der Waals surface area contributed by atoms with Crippen LogP contribution in [0.15, 0.2) is 42.6 Å². The predicted molar refractivity (Wildman–Crippen MR) is 72.7 cm³/mol. The zero-order valence-electron chi connectivity index (χ0n) is 10.5. The quantitative estimate of drug-likeness (QED) is 0.618. The summed E-state index contributed by atoms with van der Waals surface area (Å²) in [5.74, 6) is -0.232. The number of benzene rings is 1. The lowest BCUT2D eigenvalue weighted by Gasteiger charge is -2.16. The summed E-state index contributed by atoms with van der Waals surface area (Å²) in [4.78, 5) is 28.3. The van der Waals surface area contributed by atoms with Crippen LogP contribution in [-0.2, 0) is 6.42 Å². The average molecular weight is 269 g/mol. The van der Waals surface area contributed by atoms with Gasteiger partial charge in [0.1, 0.15) is 5.69 Å². The van der Waals surface area contributed by atoms with Gasteiger partial charge in [-0.1, -0.05) is 12.1 Å². The molecule has 3 rings (SSSR count). The van der Waals surface area contributed by atoms with Crippen molar-refractivity contribution in [2.45, 2.75) is 6.42 Å². The van der Waals surface area contributed by atoms with Crippen molar-refractivity contribution in [2.75, 3.05) is 11.4 Å². The summed E-state index contributed by atoms with van der Waals surface area (Å²) in [6.07, 6.45) is 2.25. The van der Waals surface area contributed by atoms with E-state index in [1.54, 1.807) is 35.4 Å². The van der Waals surface area contributed by atoms with Crippen molar-refractivity contribution < 1.29 is 9.72 Å². The van der Waals surface area contributed by atoms with E-state index in [-0.39, 0.29) is 11.6 Å². The first-order chi connectivity index (χ1) is 9.66. The highest BCUT2D eigenvalue weighted by molar-refractivity contribution is 6.06. The van der Waals surface area contributed by atoms with Gasteiger partial charge in [0.25, 0.3) is 11.6 Å². The smallest absolute Gasteiger partial charge is 0.276 e. The van der Waals surface area contributed by atoms with Crippen LogP contribution >= 0.6 is 0 Å². The largest absolute Gasteiger partial charge is 0.306 e. The third kappa shape index (κ3) is 2.01. The SMILES string of the molecule is O=C(c1ccccn1)N1CCc2ccc([N+](=O)[O-])cc21. The molecule has 0 saturated carbocycles. The molecule has 1 amide bonds. The monoisotopic (exact) mass is 269 g/mol. The molecule has 0 radical (unpaired) electrons. The number of nitro groups is 1. The van der Waals surface area contributed by atoms with Gasteiger partial charge in [-0.25, -0.2) is 0 Å². The highest BCUT2D eigenvalue weighted by Crippen LogP contribution is 2.32. The molecule has 1 aliphatic heterocycles. The van der Waals surface area contributed by atoms with Crippen molar-refractivity contribution in [3.05, 3.63) is 64.0 Å². The molecule has 1 aromatic carbocycles. The number of nitro benzene ring substituents is 1. The van der Waals surface area contributed by atoms with Gasteiger partial charge in [0, 0.05) is 24.9 Å². The van der Waals surface area contributed by atoms with E-state index in [1.807, 2.05) is 0 Å². The molecule has 0 saturated heterocycles. The summed E-state index contributed by atoms with van der Waals surface area (Å²) in [5.41, 5.74) is 1.88. The van der Waals surface area contributed by atoms with Gasteiger partial charge in [-0.3, -0.25) is 19.9 Å². The number of amides is 1. The van der Waals surface area contributed by atoms with Gasteiger partial charge in [-0.15, -0.1) is 0 Å². The van der Waals surface area contributed by atoms with Gasteiger partial charge in [0.15, 0.2) is 0 Å². The zero-order chi connectivity index (χ0) is 14.1. The molecule has 2 heterocycles. The van der Waals surface area contributed by atoms with Gasteiger partial charge in [-0.05, 0) is 24.1 Å². The summed E-state index contributed by atoms with van der Waals surface area (Å²) in [6, 6.07) is 9.73. The highest BCUT2D eigenvalue weighted by atomic mass is 16.6. The van der Waals surface area contributed by atoms with E-state index < -0.39 is 4.92 Å². The van der Waals surface area contributed by atoms with E-state index in [4.69, 9.17) is 0 Å². The summed E-state index contributed by atoms with van der Waals surface area (Å²) in [5, 5.41) is 10.8. The Kier molecular flexibility index (Phi) is 2.90. The summed E-state index contributed by atoms with van der Waals surface area (Å²) >= 11 is 0. The molecule has 1 aliphatic rings. The Hall–Kier alpha value is -2.76. The molecule has 6 nitrogen and oxygen atoms in total. The van der Waals surface area contributed by atoms with Crippen LogP contribution in [0.3, 0.4) is 0 Å². The molecule has 0 fully saturated rings. The Labute approximate surface area is 114 Å². The number of carbonyl (C=O) groups is 1. The van der Waals surface area contributed by atoms with Crippen molar-refractivity contribution >= 4 is 17.3 Å². The molecule has 0 unspecified atom stereocenters. The number of pyridine rings is 1. The number of non-ortho nitro benzene ring substituents is 1. The molecule has 0 atom stereocenters. The first-order valence-electron chi connectivity index (χ1n) is 6.17. The van der Waals surface area contributed by atoms with E-state index in [0.717, 1.165) is 5.56 Å². The van der Waals surface area contributed by atoms with Gasteiger partial charge in [0.05, 0.1) is 10.6 Å². The van der Waals surface area contributed by atoms with Crippen molar-refractivity contribution in [3.8, 4) is 0 Å². The molecular formula is C14H11N3O3. The van der Waals surface area contributed by atoms with E-state index in [9.17, 15) is 14.9 Å². The van der Waals surface area contributed by atoms with E-state index in [1.165, 1.54) is 12.1 Å². The summed E-state index contributed by atoms with van der Waals surface area (Å²) < 4.78 is 0. The fourth-order valence-electron chi connectivity index (χ4n) is 2.32. The minimum atomic E-state index is -0.456. The first-order valence-corrected chi connectivity index (χ1v) is 6.17. The van der Waals surface area contributed by atoms with Crippen molar-refractivity contribution in [2.24, 2.45) is 0 Å². The van der Waals surface area contributed by atoms with Crippen molar-refractivity contribution in [3.63, 3.8) is 0 Å². The number of anilines is 1. The Morgan fingerprint density at radius 2 is 2.15 bits per heavy atom. The molecule has 0 spiro atoms. The second kappa shape index (κ2) is 4.73. The second-order valence-corrected chi connectivity index (χ2v) is 4.49. The molecular weight excluding hydrogens is 258 g/mol. The third-order valence-corrected chi connectivity index (χ3v) is 3.30. The van der Waals surface area contributed by atoms with Crippen molar-refractivity contribution in [1.29, 1.82) is 0 Å². The number of carbonyl (C=O) groups excluding carboxylic acids is 1. The fourth-order valence-corrected chi connectivity index (χ4v) is 2.32. The predicted octanol–water partition coefficient (Wildman–Crippen LogP) is 2.19. The third-order valence-electron chi connectivity index (χ3n) is 3.30. The number of hydrogen-bond donors (Lipinski definition) is 0. The topological polar surface area (TPSA) is 76.3 Å². The number of hydrogen-bond acceptors (Lipinski definition) is 4. The molecule has 100 valence electrons. The van der Waals surface area contributed by atoms with Crippen LogP contribution in [0.25, 0.3) is 0 Å². The van der Waals surface area contributed by atoms with Gasteiger partial charge in [0.2, 0.25) is 0 Å². The maximum Gasteiger partial charge on any atom is 0.276 e. The molecule has 1 aromatic heterocycles. The van der Waals surface area contributed by atoms with Gasteiger partial charge in [-0.2, -0.15) is 0 Å². The van der Waals surface area contributed by atoms with Crippen LogP contribution in [-0.4, -0.2) is 22.4 Å². The molecule has 2 aromatic rings. The Balaban J connectivity index is 1.98.